The number of rotatable bonds is 8. The van der Waals surface area contributed by atoms with Crippen LogP contribution in [0.3, 0.4) is 0 Å². The van der Waals surface area contributed by atoms with Crippen LogP contribution in [0.1, 0.15) is 48.5 Å². The second-order valence-corrected chi connectivity index (χ2v) is 8.29. The van der Waals surface area contributed by atoms with E-state index in [1.807, 2.05) is 35.2 Å². The number of amides is 1. The van der Waals surface area contributed by atoms with E-state index in [2.05, 4.69) is 17.1 Å². The molecule has 0 radical (unpaired) electrons. The van der Waals surface area contributed by atoms with Crippen molar-refractivity contribution in [1.82, 2.24) is 9.88 Å². The fourth-order valence-corrected chi connectivity index (χ4v) is 4.76. The second kappa shape index (κ2) is 9.65. The van der Waals surface area contributed by atoms with Crippen molar-refractivity contribution in [3.05, 3.63) is 59.3 Å². The number of H-pyrrole nitrogens is 1. The first-order valence-corrected chi connectivity index (χ1v) is 11.4. The van der Waals surface area contributed by atoms with E-state index in [1.165, 1.54) is 5.56 Å². The summed E-state index contributed by atoms with van der Waals surface area (Å²) in [5, 5.41) is 1.16. The normalized spacial score (nSPS) is 15.7. The van der Waals surface area contributed by atoms with Crippen LogP contribution in [0, 0.1) is 0 Å². The Morgan fingerprint density at radius 3 is 2.74 bits per heavy atom. The van der Waals surface area contributed by atoms with Gasteiger partial charge in [0.25, 0.3) is 0 Å². The van der Waals surface area contributed by atoms with Crippen molar-refractivity contribution in [3.8, 4) is 11.5 Å². The van der Waals surface area contributed by atoms with E-state index in [1.54, 1.807) is 14.2 Å². The number of aromatic amines is 1. The molecule has 0 saturated heterocycles. The molecule has 0 aliphatic carbocycles. The lowest BCUT2D eigenvalue weighted by Gasteiger charge is -2.37. The number of benzene rings is 2. The number of fused-ring (bicyclic) bond motifs is 3. The van der Waals surface area contributed by atoms with E-state index in [9.17, 15) is 4.79 Å². The molecule has 2 heterocycles. The SMILES string of the molecule is COc1ccc2[nH]c3c(c2c1)CCN(C(=O)CCCCCCl)[C@H]3c1ccccc1OC. The van der Waals surface area contributed by atoms with Crippen molar-refractivity contribution in [2.45, 2.75) is 38.1 Å². The minimum Gasteiger partial charge on any atom is -0.497 e. The zero-order valence-corrected chi connectivity index (χ0v) is 18.9. The van der Waals surface area contributed by atoms with Gasteiger partial charge in [0, 0.05) is 41.0 Å². The Morgan fingerprint density at radius 1 is 1.13 bits per heavy atom. The highest BCUT2D eigenvalue weighted by Gasteiger charge is 2.35. The number of unbranched alkanes of at least 4 members (excludes halogenated alkanes) is 2. The van der Waals surface area contributed by atoms with Gasteiger partial charge in [0.1, 0.15) is 17.5 Å². The highest BCUT2D eigenvalue weighted by Crippen LogP contribution is 2.42. The van der Waals surface area contributed by atoms with Gasteiger partial charge >= 0.3 is 0 Å². The molecule has 1 aliphatic heterocycles. The summed E-state index contributed by atoms with van der Waals surface area (Å²) in [6.45, 7) is 0.675. The van der Waals surface area contributed by atoms with Crippen LogP contribution < -0.4 is 9.47 Å². The molecule has 31 heavy (non-hydrogen) atoms. The van der Waals surface area contributed by atoms with Crippen molar-refractivity contribution >= 4 is 28.4 Å². The number of alkyl halides is 1. The number of aromatic nitrogens is 1. The summed E-state index contributed by atoms with van der Waals surface area (Å²) in [4.78, 5) is 18.9. The molecule has 3 aromatic rings. The molecule has 1 N–H and O–H groups in total. The van der Waals surface area contributed by atoms with Crippen molar-refractivity contribution in [3.63, 3.8) is 0 Å². The first-order valence-electron chi connectivity index (χ1n) is 10.8. The summed E-state index contributed by atoms with van der Waals surface area (Å²) >= 11 is 5.80. The van der Waals surface area contributed by atoms with Gasteiger partial charge in [-0.2, -0.15) is 0 Å². The van der Waals surface area contributed by atoms with Gasteiger partial charge in [-0.1, -0.05) is 24.6 Å². The van der Waals surface area contributed by atoms with Crippen LogP contribution in [0.15, 0.2) is 42.5 Å². The summed E-state index contributed by atoms with van der Waals surface area (Å²) in [5.41, 5.74) is 4.37. The van der Waals surface area contributed by atoms with E-state index < -0.39 is 0 Å². The third-order valence-electron chi connectivity index (χ3n) is 6.11. The molecule has 0 saturated carbocycles. The molecule has 0 bridgehead atoms. The average molecular weight is 441 g/mol. The predicted molar refractivity (Wildman–Crippen MR) is 124 cm³/mol. The molecule has 0 unspecified atom stereocenters. The number of ether oxygens (including phenoxy) is 2. The van der Waals surface area contributed by atoms with Crippen LogP contribution in [-0.4, -0.2) is 42.4 Å². The zero-order valence-electron chi connectivity index (χ0n) is 18.1. The van der Waals surface area contributed by atoms with Gasteiger partial charge in [-0.05, 0) is 49.1 Å². The molecule has 164 valence electrons. The van der Waals surface area contributed by atoms with Gasteiger partial charge < -0.3 is 19.4 Å². The Balaban J connectivity index is 1.77. The van der Waals surface area contributed by atoms with Crippen molar-refractivity contribution < 1.29 is 14.3 Å². The molecule has 0 fully saturated rings. The van der Waals surface area contributed by atoms with E-state index in [-0.39, 0.29) is 11.9 Å². The third kappa shape index (κ3) is 4.24. The van der Waals surface area contributed by atoms with Crippen molar-refractivity contribution in [2.24, 2.45) is 0 Å². The number of halogens is 1. The maximum Gasteiger partial charge on any atom is 0.223 e. The van der Waals surface area contributed by atoms with Crippen LogP contribution in [0.2, 0.25) is 0 Å². The Labute approximate surface area is 188 Å². The average Bonchev–Trinajstić information content (AvgIpc) is 3.18. The molecule has 1 amide bonds. The minimum atomic E-state index is -0.209. The summed E-state index contributed by atoms with van der Waals surface area (Å²) < 4.78 is 11.1. The maximum absolute atomic E-state index is 13.3. The summed E-state index contributed by atoms with van der Waals surface area (Å²) in [6.07, 6.45) is 4.11. The molecule has 6 heteroatoms. The van der Waals surface area contributed by atoms with E-state index in [0.717, 1.165) is 59.3 Å². The molecule has 4 rings (SSSR count). The van der Waals surface area contributed by atoms with Gasteiger partial charge in [-0.3, -0.25) is 4.79 Å². The lowest BCUT2D eigenvalue weighted by Crippen LogP contribution is -2.40. The Bertz CT molecular complexity index is 1060. The van der Waals surface area contributed by atoms with Crippen LogP contribution in [0.4, 0.5) is 0 Å². The van der Waals surface area contributed by atoms with Gasteiger partial charge in [0.05, 0.1) is 14.2 Å². The number of carbonyl (C=O) groups is 1. The van der Waals surface area contributed by atoms with Crippen LogP contribution >= 0.6 is 11.6 Å². The van der Waals surface area contributed by atoms with Crippen LogP contribution in [0.25, 0.3) is 10.9 Å². The Hall–Kier alpha value is -2.66. The molecule has 1 atom stereocenters. The highest BCUT2D eigenvalue weighted by atomic mass is 35.5. The van der Waals surface area contributed by atoms with Gasteiger partial charge in [-0.25, -0.2) is 0 Å². The monoisotopic (exact) mass is 440 g/mol. The number of para-hydroxylation sites is 1. The van der Waals surface area contributed by atoms with Crippen molar-refractivity contribution in [2.75, 3.05) is 26.6 Å². The number of methoxy groups -OCH3 is 2. The summed E-state index contributed by atoms with van der Waals surface area (Å²) in [7, 11) is 3.36. The van der Waals surface area contributed by atoms with Gasteiger partial charge in [-0.15, -0.1) is 11.6 Å². The first-order chi connectivity index (χ1) is 15.2. The lowest BCUT2D eigenvalue weighted by molar-refractivity contribution is -0.133. The highest BCUT2D eigenvalue weighted by molar-refractivity contribution is 6.17. The second-order valence-electron chi connectivity index (χ2n) is 7.91. The molecular weight excluding hydrogens is 412 g/mol. The molecule has 1 aliphatic rings. The first kappa shape index (κ1) is 21.6. The molecular formula is C25H29ClN2O3. The van der Waals surface area contributed by atoms with Gasteiger partial charge in [0.15, 0.2) is 0 Å². The minimum absolute atomic E-state index is 0.173. The van der Waals surface area contributed by atoms with E-state index in [4.69, 9.17) is 21.1 Å². The number of hydrogen-bond acceptors (Lipinski definition) is 3. The number of hydrogen-bond donors (Lipinski definition) is 1. The standard InChI is InChI=1S/C25H29ClN2O3/c1-30-17-11-12-21-20(16-17)18-13-15-28(23(29)10-4-3-7-14-26)25(24(18)27-21)19-8-5-6-9-22(19)31-2/h5-6,8-9,11-12,16,25,27H,3-4,7,10,13-15H2,1-2H3/t25-/m0/s1. The summed E-state index contributed by atoms with van der Waals surface area (Å²) in [6, 6.07) is 13.8. The van der Waals surface area contributed by atoms with Crippen molar-refractivity contribution in [1.29, 1.82) is 0 Å². The molecule has 1 aromatic heterocycles. The fraction of sp³-hybridized carbons (Fsp3) is 0.400. The van der Waals surface area contributed by atoms with Crippen LogP contribution in [-0.2, 0) is 11.2 Å². The molecule has 0 spiro atoms. The Kier molecular flexibility index (Phi) is 6.71. The van der Waals surface area contributed by atoms with Gasteiger partial charge in [0.2, 0.25) is 5.91 Å². The fourth-order valence-electron chi connectivity index (χ4n) is 4.57. The predicted octanol–water partition coefficient (Wildman–Crippen LogP) is 5.46. The number of nitrogens with zero attached hydrogens (tertiary/aromatic N) is 1. The Morgan fingerprint density at radius 2 is 1.97 bits per heavy atom. The smallest absolute Gasteiger partial charge is 0.223 e. The lowest BCUT2D eigenvalue weighted by atomic mass is 9.91. The van der Waals surface area contributed by atoms with Crippen LogP contribution in [0.5, 0.6) is 11.5 Å². The van der Waals surface area contributed by atoms with E-state index >= 15 is 0 Å². The van der Waals surface area contributed by atoms with E-state index in [0.29, 0.717) is 18.8 Å². The number of carbonyl (C=O) groups excluding carboxylic acids is 1. The summed E-state index contributed by atoms with van der Waals surface area (Å²) in [5.74, 6) is 2.44. The number of nitrogens with one attached hydrogen (secondary N) is 1. The maximum atomic E-state index is 13.3. The molecule has 2 aromatic carbocycles. The zero-order chi connectivity index (χ0) is 21.8. The largest absolute Gasteiger partial charge is 0.497 e. The topological polar surface area (TPSA) is 54.6 Å². The quantitative estimate of drug-likeness (QED) is 0.374. The molecule has 5 nitrogen and oxygen atoms in total. The third-order valence-corrected chi connectivity index (χ3v) is 6.38.